The van der Waals surface area contributed by atoms with E-state index in [-0.39, 0.29) is 66.1 Å². The minimum atomic E-state index is -0.909. The molecule has 7 atom stereocenters. The number of nitrogens with zero attached hydrogens (tertiary/aromatic N) is 2. The normalized spacial score (nSPS) is 19.7. The molecule has 7 unspecified atom stereocenters. The van der Waals surface area contributed by atoms with Crippen LogP contribution in [-0.2, 0) is 47.6 Å². The Balaban J connectivity index is 1.62. The molecule has 0 radical (unpaired) electrons. The Morgan fingerprint density at radius 1 is 0.822 bits per heavy atom. The van der Waals surface area contributed by atoms with E-state index in [2.05, 4.69) is 66.9 Å². The summed E-state index contributed by atoms with van der Waals surface area (Å²) in [5.74, 6) is -0.479. The molecule has 15 nitrogen and oxygen atoms in total. The molecule has 1 saturated carbocycles. The van der Waals surface area contributed by atoms with Gasteiger partial charge in [-0.1, -0.05) is 71.3 Å². The van der Waals surface area contributed by atoms with Crippen molar-refractivity contribution in [3.63, 3.8) is 0 Å². The van der Waals surface area contributed by atoms with Crippen LogP contribution in [0.5, 0.6) is 0 Å². The SMILES string of the molecule is CC/C=C(\CCOCCOCCOCCNC(=O)C(C)CC)NC(C)(C)C(=O)NC/C(=C\CC)N(C)C(C1CCCC1)C(CC(=O)N1CCCC1C(OC)C(C)C(CC1=CCCCC1)C(=O)OC(C)(C)C)OC. The number of rotatable bonds is 35. The molecule has 0 aromatic carbocycles. The first kappa shape index (κ1) is 63.8. The molecule has 420 valence electrons. The number of nitrogens with one attached hydrogen (secondary N) is 3. The predicted octanol–water partition coefficient (Wildman–Crippen LogP) is 9.05. The molecule has 3 amide bonds. The Labute approximate surface area is 442 Å². The fourth-order valence-electron chi connectivity index (χ4n) is 10.8. The summed E-state index contributed by atoms with van der Waals surface area (Å²) in [4.78, 5) is 58.9. The summed E-state index contributed by atoms with van der Waals surface area (Å²) < 4.78 is 35.8. The number of allylic oxidation sites excluding steroid dienone is 4. The van der Waals surface area contributed by atoms with E-state index in [1.165, 1.54) is 12.0 Å². The highest BCUT2D eigenvalue weighted by Gasteiger charge is 2.45. The Hall–Kier alpha value is -3.50. The summed E-state index contributed by atoms with van der Waals surface area (Å²) in [6.45, 7) is 23.9. The van der Waals surface area contributed by atoms with Crippen LogP contribution in [0.4, 0.5) is 0 Å². The summed E-state index contributed by atoms with van der Waals surface area (Å²) in [5, 5.41) is 9.64. The van der Waals surface area contributed by atoms with Gasteiger partial charge in [0, 0.05) is 58.1 Å². The molecule has 15 heteroatoms. The number of likely N-dealkylation sites (N-methyl/N-ethyl adjacent to an activating group) is 1. The van der Waals surface area contributed by atoms with Crippen LogP contribution in [0.15, 0.2) is 35.2 Å². The van der Waals surface area contributed by atoms with Crippen LogP contribution < -0.4 is 16.0 Å². The number of hydrogen-bond acceptors (Lipinski definition) is 12. The third kappa shape index (κ3) is 21.9. The largest absolute Gasteiger partial charge is 0.460 e. The zero-order chi connectivity index (χ0) is 54.0. The van der Waals surface area contributed by atoms with E-state index in [4.69, 9.17) is 28.4 Å². The van der Waals surface area contributed by atoms with Gasteiger partial charge in [-0.25, -0.2) is 0 Å². The molecule has 0 aromatic heterocycles. The van der Waals surface area contributed by atoms with E-state index in [1.807, 2.05) is 53.4 Å². The van der Waals surface area contributed by atoms with Crippen LogP contribution in [0.3, 0.4) is 0 Å². The standard InChI is InChI=1S/C58H103N5O10/c1-14-23-46(30-33-70-35-37-72-38-36-71-34-31-59-54(65)42(4)16-3)61-58(9,10)56(67)60-41-47(24-15-2)62(11)52(45-27-20-21-28-45)50(68-12)40-51(64)63-32-22-29-49(63)53(69-13)43(5)48(55(66)73-57(6,7)8)39-44-25-18-17-19-26-44/h23-25,42-43,45,48-50,52-53,61H,14-22,26-41H2,1-13H3,(H,59,65)(H,60,67)/b46-23+,47-24+. The fourth-order valence-corrected chi connectivity index (χ4v) is 10.8. The summed E-state index contributed by atoms with van der Waals surface area (Å²) in [7, 11) is 5.53. The zero-order valence-corrected chi connectivity index (χ0v) is 48.0. The second-order valence-corrected chi connectivity index (χ2v) is 22.3. The molecule has 1 aliphatic heterocycles. The minimum absolute atomic E-state index is 0.00666. The average molecular weight is 1030 g/mol. The van der Waals surface area contributed by atoms with Crippen molar-refractivity contribution < 1.29 is 47.6 Å². The van der Waals surface area contributed by atoms with Crippen molar-refractivity contribution in [2.24, 2.45) is 23.7 Å². The first-order valence-corrected chi connectivity index (χ1v) is 28.3. The monoisotopic (exact) mass is 1030 g/mol. The number of methoxy groups -OCH3 is 2. The van der Waals surface area contributed by atoms with Gasteiger partial charge in [0.2, 0.25) is 17.7 Å². The van der Waals surface area contributed by atoms with E-state index in [1.54, 1.807) is 14.2 Å². The van der Waals surface area contributed by atoms with Crippen LogP contribution in [0.1, 0.15) is 172 Å². The molecule has 0 aromatic rings. The zero-order valence-electron chi connectivity index (χ0n) is 48.0. The summed E-state index contributed by atoms with van der Waals surface area (Å²) in [6, 6.07) is -0.265. The number of amides is 3. The number of carbonyl (C=O) groups is 4. The van der Waals surface area contributed by atoms with Crippen molar-refractivity contribution in [2.45, 2.75) is 207 Å². The van der Waals surface area contributed by atoms with Gasteiger partial charge in [0.25, 0.3) is 0 Å². The summed E-state index contributed by atoms with van der Waals surface area (Å²) >= 11 is 0. The molecule has 3 aliphatic rings. The highest BCUT2D eigenvalue weighted by Crippen LogP contribution is 2.38. The topological polar surface area (TPSA) is 166 Å². The van der Waals surface area contributed by atoms with Gasteiger partial charge in [0.05, 0.1) is 82.8 Å². The lowest BCUT2D eigenvalue weighted by atomic mass is 9.79. The van der Waals surface area contributed by atoms with E-state index in [0.29, 0.717) is 78.0 Å². The molecular weight excluding hydrogens is 927 g/mol. The maximum Gasteiger partial charge on any atom is 0.310 e. The lowest BCUT2D eigenvalue weighted by Gasteiger charge is -2.42. The van der Waals surface area contributed by atoms with Gasteiger partial charge in [-0.2, -0.15) is 0 Å². The summed E-state index contributed by atoms with van der Waals surface area (Å²) in [6.07, 6.45) is 20.1. The van der Waals surface area contributed by atoms with Gasteiger partial charge < -0.3 is 54.2 Å². The minimum Gasteiger partial charge on any atom is -0.460 e. The van der Waals surface area contributed by atoms with Gasteiger partial charge in [-0.05, 0) is 124 Å². The molecule has 1 saturated heterocycles. The highest BCUT2D eigenvalue weighted by molar-refractivity contribution is 5.86. The molecular formula is C58H103N5O10. The maximum absolute atomic E-state index is 14.7. The number of esters is 1. The van der Waals surface area contributed by atoms with Crippen molar-refractivity contribution >= 4 is 23.7 Å². The van der Waals surface area contributed by atoms with Gasteiger partial charge in [0.15, 0.2) is 0 Å². The Morgan fingerprint density at radius 2 is 1.48 bits per heavy atom. The molecule has 3 rings (SSSR count). The van der Waals surface area contributed by atoms with Gasteiger partial charge >= 0.3 is 5.97 Å². The third-order valence-corrected chi connectivity index (χ3v) is 15.1. The van der Waals surface area contributed by atoms with Crippen LogP contribution in [0.25, 0.3) is 0 Å². The molecule has 2 fully saturated rings. The smallest absolute Gasteiger partial charge is 0.310 e. The fraction of sp³-hybridized carbons (Fsp3) is 0.828. The molecule has 2 aliphatic carbocycles. The van der Waals surface area contributed by atoms with E-state index in [9.17, 15) is 19.2 Å². The molecule has 0 bridgehead atoms. The third-order valence-electron chi connectivity index (χ3n) is 15.1. The van der Waals surface area contributed by atoms with Crippen molar-refractivity contribution in [3.8, 4) is 0 Å². The van der Waals surface area contributed by atoms with Gasteiger partial charge in [-0.15, -0.1) is 0 Å². The Morgan fingerprint density at radius 3 is 2.07 bits per heavy atom. The number of ether oxygens (including phenoxy) is 6. The number of hydrogen-bond donors (Lipinski definition) is 3. The lowest BCUT2D eigenvalue weighted by molar-refractivity contribution is -0.165. The Bertz CT molecular complexity index is 1740. The van der Waals surface area contributed by atoms with Crippen LogP contribution in [0, 0.1) is 23.7 Å². The molecule has 0 spiro atoms. The number of likely N-dealkylation sites (tertiary alicyclic amines) is 1. The second kappa shape index (κ2) is 33.5. The van der Waals surface area contributed by atoms with E-state index >= 15 is 0 Å². The first-order valence-electron chi connectivity index (χ1n) is 28.3. The van der Waals surface area contributed by atoms with E-state index < -0.39 is 17.2 Å². The van der Waals surface area contributed by atoms with Gasteiger partial charge in [-0.3, -0.25) is 19.2 Å². The average Bonchev–Trinajstić information content (AvgIpc) is 4.08. The van der Waals surface area contributed by atoms with Crippen LogP contribution >= 0.6 is 0 Å². The van der Waals surface area contributed by atoms with E-state index in [0.717, 1.165) is 88.4 Å². The van der Waals surface area contributed by atoms with Crippen LogP contribution in [0.2, 0.25) is 0 Å². The van der Waals surface area contributed by atoms with Crippen molar-refractivity contribution in [1.82, 2.24) is 25.8 Å². The lowest BCUT2D eigenvalue weighted by Crippen LogP contribution is -2.54. The second-order valence-electron chi connectivity index (χ2n) is 22.3. The van der Waals surface area contributed by atoms with Gasteiger partial charge in [0.1, 0.15) is 11.1 Å². The Kier molecular flexibility index (Phi) is 29.3. The predicted molar refractivity (Wildman–Crippen MR) is 291 cm³/mol. The van der Waals surface area contributed by atoms with Crippen molar-refractivity contribution in [1.29, 1.82) is 0 Å². The molecule has 1 heterocycles. The molecule has 73 heavy (non-hydrogen) atoms. The van der Waals surface area contributed by atoms with Crippen molar-refractivity contribution in [2.75, 3.05) is 80.5 Å². The quantitative estimate of drug-likeness (QED) is 0.0314. The van der Waals surface area contributed by atoms with Crippen molar-refractivity contribution in [3.05, 3.63) is 35.2 Å². The highest BCUT2D eigenvalue weighted by atomic mass is 16.6. The first-order chi connectivity index (χ1) is 34.8. The number of carbonyl (C=O) groups excluding carboxylic acids is 4. The molecule has 3 N–H and O–H groups in total. The summed E-state index contributed by atoms with van der Waals surface area (Å²) in [5.41, 5.74) is 1.73. The maximum atomic E-state index is 14.7. The van der Waals surface area contributed by atoms with Crippen LogP contribution in [-0.4, -0.2) is 149 Å².